The van der Waals surface area contributed by atoms with Crippen LogP contribution in [0.3, 0.4) is 0 Å². The molecule has 1 aromatic carbocycles. The van der Waals surface area contributed by atoms with E-state index in [4.69, 9.17) is 0 Å². The van der Waals surface area contributed by atoms with Gasteiger partial charge in [0.1, 0.15) is 5.69 Å². The third-order valence-corrected chi connectivity index (χ3v) is 3.47. The van der Waals surface area contributed by atoms with E-state index in [9.17, 15) is 4.79 Å². The number of carbonyl (C=O) groups is 1. The van der Waals surface area contributed by atoms with Gasteiger partial charge in [0, 0.05) is 24.6 Å². The van der Waals surface area contributed by atoms with Gasteiger partial charge in [0.25, 0.3) is 0 Å². The molecule has 0 aliphatic heterocycles. The summed E-state index contributed by atoms with van der Waals surface area (Å²) in [5.41, 5.74) is 3.54. The van der Waals surface area contributed by atoms with Crippen molar-refractivity contribution in [2.24, 2.45) is 0 Å². The summed E-state index contributed by atoms with van der Waals surface area (Å²) in [6, 6.07) is 15.1. The number of anilines is 1. The van der Waals surface area contributed by atoms with Crippen LogP contribution >= 0.6 is 0 Å². The first-order chi connectivity index (χ1) is 11.7. The van der Waals surface area contributed by atoms with E-state index in [1.165, 1.54) is 0 Å². The number of nitrogens with one attached hydrogen (secondary N) is 2. The molecule has 6 nitrogen and oxygen atoms in total. The zero-order valence-corrected chi connectivity index (χ0v) is 13.4. The Bertz CT molecular complexity index is 813. The molecule has 2 amide bonds. The average Bonchev–Trinajstić information content (AvgIpc) is 3.04. The van der Waals surface area contributed by atoms with Gasteiger partial charge >= 0.3 is 6.03 Å². The van der Waals surface area contributed by atoms with Gasteiger partial charge in [0.15, 0.2) is 0 Å². The predicted octanol–water partition coefficient (Wildman–Crippen LogP) is 3.08. The standard InChI is InChI=1S/C18H19N5O/c1-14-5-4-6-15(13-14)21-18(24)20-10-12-23-11-8-17(22-23)16-7-2-3-9-19-16/h2-9,11,13H,10,12H2,1H3,(H2,20,21,24). The lowest BCUT2D eigenvalue weighted by molar-refractivity contribution is 0.251. The van der Waals surface area contributed by atoms with Gasteiger partial charge in [-0.2, -0.15) is 5.10 Å². The fraction of sp³-hybridized carbons (Fsp3) is 0.167. The minimum Gasteiger partial charge on any atom is -0.336 e. The van der Waals surface area contributed by atoms with Gasteiger partial charge in [-0.15, -0.1) is 0 Å². The van der Waals surface area contributed by atoms with Gasteiger partial charge in [-0.05, 0) is 42.8 Å². The molecule has 0 bridgehead atoms. The van der Waals surface area contributed by atoms with Crippen LogP contribution in [-0.4, -0.2) is 27.3 Å². The highest BCUT2D eigenvalue weighted by Gasteiger charge is 2.04. The fourth-order valence-corrected chi connectivity index (χ4v) is 2.32. The van der Waals surface area contributed by atoms with Crippen LogP contribution in [0.1, 0.15) is 5.56 Å². The summed E-state index contributed by atoms with van der Waals surface area (Å²) in [7, 11) is 0. The number of amides is 2. The normalized spacial score (nSPS) is 10.4. The highest BCUT2D eigenvalue weighted by Crippen LogP contribution is 2.12. The number of aryl methyl sites for hydroxylation is 1. The summed E-state index contributed by atoms with van der Waals surface area (Å²) in [5.74, 6) is 0. The molecule has 0 radical (unpaired) electrons. The Kier molecular flexibility index (Phi) is 4.86. The fourth-order valence-electron chi connectivity index (χ4n) is 2.32. The smallest absolute Gasteiger partial charge is 0.319 e. The number of pyridine rings is 1. The molecule has 122 valence electrons. The van der Waals surface area contributed by atoms with Gasteiger partial charge in [0.2, 0.25) is 0 Å². The molecular weight excluding hydrogens is 302 g/mol. The molecule has 6 heteroatoms. The molecule has 0 fully saturated rings. The van der Waals surface area contributed by atoms with Crippen LogP contribution in [0.5, 0.6) is 0 Å². The molecule has 3 rings (SSSR count). The maximum Gasteiger partial charge on any atom is 0.319 e. The van der Waals surface area contributed by atoms with Crippen molar-refractivity contribution in [3.8, 4) is 11.4 Å². The monoisotopic (exact) mass is 321 g/mol. The number of hydrogen-bond acceptors (Lipinski definition) is 3. The van der Waals surface area contributed by atoms with Crippen molar-refractivity contribution < 1.29 is 4.79 Å². The number of aromatic nitrogens is 3. The van der Waals surface area contributed by atoms with Crippen molar-refractivity contribution in [3.63, 3.8) is 0 Å². The Labute approximate surface area is 140 Å². The van der Waals surface area contributed by atoms with E-state index in [0.29, 0.717) is 13.1 Å². The van der Waals surface area contributed by atoms with Crippen molar-refractivity contribution in [1.29, 1.82) is 0 Å². The zero-order valence-electron chi connectivity index (χ0n) is 13.4. The van der Waals surface area contributed by atoms with E-state index in [0.717, 1.165) is 22.6 Å². The molecule has 2 heterocycles. The molecule has 0 atom stereocenters. The number of carbonyl (C=O) groups excluding carboxylic acids is 1. The second-order valence-corrected chi connectivity index (χ2v) is 5.43. The second kappa shape index (κ2) is 7.41. The Hall–Kier alpha value is -3.15. The number of rotatable bonds is 5. The molecule has 0 spiro atoms. The van der Waals surface area contributed by atoms with Crippen molar-refractivity contribution in [2.75, 3.05) is 11.9 Å². The SMILES string of the molecule is Cc1cccc(NC(=O)NCCn2ccc(-c3ccccn3)n2)c1. The lowest BCUT2D eigenvalue weighted by Gasteiger charge is -2.08. The molecule has 2 aromatic heterocycles. The van der Waals surface area contributed by atoms with E-state index in [1.807, 2.05) is 61.7 Å². The number of hydrogen-bond donors (Lipinski definition) is 2. The van der Waals surface area contributed by atoms with Crippen LogP contribution in [0.2, 0.25) is 0 Å². The summed E-state index contributed by atoms with van der Waals surface area (Å²) in [6.45, 7) is 3.06. The Balaban J connectivity index is 1.48. The second-order valence-electron chi connectivity index (χ2n) is 5.43. The van der Waals surface area contributed by atoms with Gasteiger partial charge in [-0.3, -0.25) is 9.67 Å². The van der Waals surface area contributed by atoms with Gasteiger partial charge in [-0.1, -0.05) is 18.2 Å². The molecule has 0 aliphatic carbocycles. The topological polar surface area (TPSA) is 71.8 Å². The maximum atomic E-state index is 11.9. The molecular formula is C18H19N5O. The number of urea groups is 1. The number of nitrogens with zero attached hydrogens (tertiary/aromatic N) is 3. The molecule has 3 aromatic rings. The van der Waals surface area contributed by atoms with Gasteiger partial charge in [-0.25, -0.2) is 4.79 Å². The first kappa shape index (κ1) is 15.7. The van der Waals surface area contributed by atoms with Crippen LogP contribution in [0, 0.1) is 6.92 Å². The summed E-state index contributed by atoms with van der Waals surface area (Å²) < 4.78 is 1.79. The summed E-state index contributed by atoms with van der Waals surface area (Å²) in [5, 5.41) is 10.1. The highest BCUT2D eigenvalue weighted by atomic mass is 16.2. The molecule has 0 saturated heterocycles. The van der Waals surface area contributed by atoms with Crippen molar-refractivity contribution in [1.82, 2.24) is 20.1 Å². The average molecular weight is 321 g/mol. The van der Waals surface area contributed by atoms with E-state index >= 15 is 0 Å². The first-order valence-electron chi connectivity index (χ1n) is 7.77. The molecule has 24 heavy (non-hydrogen) atoms. The van der Waals surface area contributed by atoms with Crippen molar-refractivity contribution in [3.05, 3.63) is 66.5 Å². The predicted molar refractivity (Wildman–Crippen MR) is 93.7 cm³/mol. The van der Waals surface area contributed by atoms with Crippen molar-refractivity contribution in [2.45, 2.75) is 13.5 Å². The van der Waals surface area contributed by atoms with Crippen LogP contribution in [0.25, 0.3) is 11.4 Å². The highest BCUT2D eigenvalue weighted by molar-refractivity contribution is 5.89. The largest absolute Gasteiger partial charge is 0.336 e. The maximum absolute atomic E-state index is 11.9. The van der Waals surface area contributed by atoms with E-state index in [1.54, 1.807) is 10.9 Å². The summed E-state index contributed by atoms with van der Waals surface area (Å²) in [4.78, 5) is 16.1. The summed E-state index contributed by atoms with van der Waals surface area (Å²) in [6.07, 6.45) is 3.62. The Morgan fingerprint density at radius 3 is 2.83 bits per heavy atom. The molecule has 0 unspecified atom stereocenters. The summed E-state index contributed by atoms with van der Waals surface area (Å²) >= 11 is 0. The van der Waals surface area contributed by atoms with Gasteiger partial charge < -0.3 is 10.6 Å². The third-order valence-electron chi connectivity index (χ3n) is 3.47. The minimum absolute atomic E-state index is 0.224. The van der Waals surface area contributed by atoms with E-state index < -0.39 is 0 Å². The van der Waals surface area contributed by atoms with E-state index in [-0.39, 0.29) is 6.03 Å². The van der Waals surface area contributed by atoms with Crippen LogP contribution in [0.4, 0.5) is 10.5 Å². The third kappa shape index (κ3) is 4.19. The first-order valence-corrected chi connectivity index (χ1v) is 7.77. The molecule has 0 aliphatic rings. The van der Waals surface area contributed by atoms with Crippen molar-refractivity contribution >= 4 is 11.7 Å². The minimum atomic E-state index is -0.224. The lowest BCUT2D eigenvalue weighted by atomic mass is 10.2. The molecule has 0 saturated carbocycles. The number of benzene rings is 1. The Morgan fingerprint density at radius 2 is 2.04 bits per heavy atom. The quantitative estimate of drug-likeness (QED) is 0.758. The lowest BCUT2D eigenvalue weighted by Crippen LogP contribution is -2.31. The Morgan fingerprint density at radius 1 is 1.12 bits per heavy atom. The molecule has 2 N–H and O–H groups in total. The van der Waals surface area contributed by atoms with Crippen LogP contribution < -0.4 is 10.6 Å². The van der Waals surface area contributed by atoms with Gasteiger partial charge in [0.05, 0.1) is 12.2 Å². The van der Waals surface area contributed by atoms with Crippen LogP contribution in [-0.2, 0) is 6.54 Å². The van der Waals surface area contributed by atoms with E-state index in [2.05, 4.69) is 20.7 Å². The van der Waals surface area contributed by atoms with Crippen LogP contribution in [0.15, 0.2) is 60.9 Å². The zero-order chi connectivity index (χ0) is 16.8.